The molecule has 2 heterocycles. The van der Waals surface area contributed by atoms with Gasteiger partial charge in [0.2, 0.25) is 5.95 Å². The van der Waals surface area contributed by atoms with Crippen LogP contribution in [0.4, 0.5) is 10.3 Å². The van der Waals surface area contributed by atoms with Gasteiger partial charge in [-0.1, -0.05) is 6.07 Å². The summed E-state index contributed by atoms with van der Waals surface area (Å²) in [6, 6.07) is 6.18. The SMILES string of the molecule is OCc1nc(N2CCC2)n(-c2cccc(F)c2)n1. The van der Waals surface area contributed by atoms with Gasteiger partial charge < -0.3 is 10.0 Å². The lowest BCUT2D eigenvalue weighted by atomic mass is 10.2. The molecule has 18 heavy (non-hydrogen) atoms. The van der Waals surface area contributed by atoms with Crippen LogP contribution in [0.1, 0.15) is 12.2 Å². The van der Waals surface area contributed by atoms with Gasteiger partial charge in [-0.05, 0) is 24.6 Å². The topological polar surface area (TPSA) is 54.2 Å². The summed E-state index contributed by atoms with van der Waals surface area (Å²) < 4.78 is 14.8. The second kappa shape index (κ2) is 4.38. The van der Waals surface area contributed by atoms with Crippen LogP contribution in [0.15, 0.2) is 24.3 Å². The van der Waals surface area contributed by atoms with Crippen LogP contribution in [0.5, 0.6) is 0 Å². The third kappa shape index (κ3) is 1.84. The van der Waals surface area contributed by atoms with Crippen LogP contribution >= 0.6 is 0 Å². The van der Waals surface area contributed by atoms with Crippen molar-refractivity contribution >= 4 is 5.95 Å². The van der Waals surface area contributed by atoms with Crippen molar-refractivity contribution in [3.8, 4) is 5.69 Å². The standard InChI is InChI=1S/C12H13FN4O/c13-9-3-1-4-10(7-9)17-12(16-5-2-6-16)14-11(8-18)15-17/h1,3-4,7,18H,2,5-6,8H2. The van der Waals surface area contributed by atoms with Gasteiger partial charge in [-0.3, -0.25) is 0 Å². The maximum atomic E-state index is 13.2. The number of aliphatic hydroxyl groups is 1. The highest BCUT2D eigenvalue weighted by Crippen LogP contribution is 2.22. The number of hydrogen-bond donors (Lipinski definition) is 1. The van der Waals surface area contributed by atoms with Gasteiger partial charge in [-0.15, -0.1) is 5.10 Å². The van der Waals surface area contributed by atoms with E-state index in [9.17, 15) is 4.39 Å². The summed E-state index contributed by atoms with van der Waals surface area (Å²) in [6.45, 7) is 1.61. The van der Waals surface area contributed by atoms with Gasteiger partial charge >= 0.3 is 0 Å². The number of halogens is 1. The largest absolute Gasteiger partial charge is 0.388 e. The molecule has 0 amide bonds. The fraction of sp³-hybridized carbons (Fsp3) is 0.333. The van der Waals surface area contributed by atoms with Gasteiger partial charge in [0.1, 0.15) is 12.4 Å². The molecule has 0 saturated carbocycles. The Hall–Kier alpha value is -1.95. The number of nitrogens with zero attached hydrogens (tertiary/aromatic N) is 4. The smallest absolute Gasteiger partial charge is 0.229 e. The quantitative estimate of drug-likeness (QED) is 0.884. The van der Waals surface area contributed by atoms with Crippen LogP contribution in [0.3, 0.4) is 0 Å². The lowest BCUT2D eigenvalue weighted by Crippen LogP contribution is -2.39. The molecule has 1 fully saturated rings. The minimum absolute atomic E-state index is 0.219. The monoisotopic (exact) mass is 248 g/mol. The molecule has 5 nitrogen and oxygen atoms in total. The van der Waals surface area contributed by atoms with Crippen molar-refractivity contribution in [2.45, 2.75) is 13.0 Å². The number of rotatable bonds is 3. The molecule has 0 bridgehead atoms. The molecule has 6 heteroatoms. The summed E-state index contributed by atoms with van der Waals surface area (Å²) in [5.74, 6) is 0.695. The second-order valence-corrected chi connectivity index (χ2v) is 4.22. The van der Waals surface area contributed by atoms with Crippen molar-refractivity contribution in [3.05, 3.63) is 35.9 Å². The Kier molecular flexibility index (Phi) is 2.71. The molecule has 1 saturated heterocycles. The first-order valence-corrected chi connectivity index (χ1v) is 5.85. The summed E-state index contributed by atoms with van der Waals surface area (Å²) in [7, 11) is 0. The molecule has 94 valence electrons. The van der Waals surface area contributed by atoms with Crippen molar-refractivity contribution in [2.75, 3.05) is 18.0 Å². The third-order valence-electron chi connectivity index (χ3n) is 2.97. The zero-order valence-electron chi connectivity index (χ0n) is 9.75. The molecule has 1 aromatic heterocycles. The molecule has 2 aromatic rings. The fourth-order valence-electron chi connectivity index (χ4n) is 1.91. The number of aliphatic hydroxyl groups excluding tert-OH is 1. The highest BCUT2D eigenvalue weighted by Gasteiger charge is 2.22. The predicted octanol–water partition coefficient (Wildman–Crippen LogP) is 1.11. The van der Waals surface area contributed by atoms with E-state index in [1.54, 1.807) is 16.8 Å². The molecule has 3 rings (SSSR count). The van der Waals surface area contributed by atoms with Crippen LogP contribution in [0, 0.1) is 5.82 Å². The van der Waals surface area contributed by atoms with Crippen LogP contribution in [-0.4, -0.2) is 33.0 Å². The van der Waals surface area contributed by atoms with Gasteiger partial charge in [0, 0.05) is 13.1 Å². The lowest BCUT2D eigenvalue weighted by molar-refractivity contribution is 0.271. The summed E-state index contributed by atoms with van der Waals surface area (Å²) >= 11 is 0. The molecule has 0 unspecified atom stereocenters. The van der Waals surface area contributed by atoms with E-state index in [0.29, 0.717) is 17.5 Å². The van der Waals surface area contributed by atoms with Crippen molar-refractivity contribution < 1.29 is 9.50 Å². The minimum atomic E-state index is -0.317. The molecule has 1 N–H and O–H groups in total. The van der Waals surface area contributed by atoms with Gasteiger partial charge in [-0.2, -0.15) is 9.67 Å². The normalized spacial score (nSPS) is 14.7. The molecule has 0 spiro atoms. The molecular weight excluding hydrogens is 235 g/mol. The molecule has 0 atom stereocenters. The van der Waals surface area contributed by atoms with E-state index in [4.69, 9.17) is 5.11 Å². The zero-order chi connectivity index (χ0) is 12.5. The van der Waals surface area contributed by atoms with E-state index in [0.717, 1.165) is 19.5 Å². The Labute approximate surface area is 103 Å². The summed E-state index contributed by atoms with van der Waals surface area (Å²) in [5.41, 5.74) is 0.615. The fourth-order valence-corrected chi connectivity index (χ4v) is 1.91. The Morgan fingerprint density at radius 2 is 2.17 bits per heavy atom. The maximum Gasteiger partial charge on any atom is 0.229 e. The van der Waals surface area contributed by atoms with Crippen molar-refractivity contribution in [1.82, 2.24) is 14.8 Å². The van der Waals surface area contributed by atoms with E-state index < -0.39 is 0 Å². The van der Waals surface area contributed by atoms with Crippen LogP contribution in [-0.2, 0) is 6.61 Å². The highest BCUT2D eigenvalue weighted by molar-refractivity contribution is 5.43. The summed E-state index contributed by atoms with van der Waals surface area (Å²) in [4.78, 5) is 6.31. The third-order valence-corrected chi connectivity index (χ3v) is 2.97. The Morgan fingerprint density at radius 3 is 2.78 bits per heavy atom. The molecule has 0 aliphatic carbocycles. The first kappa shape index (κ1) is 11.2. The summed E-state index contributed by atoms with van der Waals surface area (Å²) in [6.07, 6.45) is 1.12. The van der Waals surface area contributed by atoms with Gasteiger partial charge in [0.15, 0.2) is 5.82 Å². The van der Waals surface area contributed by atoms with E-state index in [2.05, 4.69) is 15.0 Å². The van der Waals surface area contributed by atoms with E-state index in [-0.39, 0.29) is 12.4 Å². The highest BCUT2D eigenvalue weighted by atomic mass is 19.1. The molecule has 1 aliphatic rings. The van der Waals surface area contributed by atoms with Crippen molar-refractivity contribution in [3.63, 3.8) is 0 Å². The van der Waals surface area contributed by atoms with Crippen LogP contribution in [0.25, 0.3) is 5.69 Å². The Bertz CT molecular complexity index is 565. The van der Waals surface area contributed by atoms with Crippen molar-refractivity contribution in [2.24, 2.45) is 0 Å². The van der Waals surface area contributed by atoms with Crippen LogP contribution < -0.4 is 4.90 Å². The average Bonchev–Trinajstić information content (AvgIpc) is 2.71. The molecule has 1 aliphatic heterocycles. The molecule has 1 aromatic carbocycles. The molecular formula is C12H13FN4O. The van der Waals surface area contributed by atoms with E-state index >= 15 is 0 Å². The Morgan fingerprint density at radius 1 is 1.33 bits per heavy atom. The Balaban J connectivity index is 2.06. The van der Waals surface area contributed by atoms with Crippen LogP contribution in [0.2, 0.25) is 0 Å². The number of aromatic nitrogens is 3. The van der Waals surface area contributed by atoms with E-state index in [1.165, 1.54) is 12.1 Å². The summed E-state index contributed by atoms with van der Waals surface area (Å²) in [5, 5.41) is 13.3. The second-order valence-electron chi connectivity index (χ2n) is 4.22. The first-order chi connectivity index (χ1) is 8.78. The zero-order valence-corrected chi connectivity index (χ0v) is 9.75. The average molecular weight is 248 g/mol. The van der Waals surface area contributed by atoms with Gasteiger partial charge in [0.25, 0.3) is 0 Å². The first-order valence-electron chi connectivity index (χ1n) is 5.85. The minimum Gasteiger partial charge on any atom is -0.388 e. The number of benzene rings is 1. The van der Waals surface area contributed by atoms with E-state index in [1.807, 2.05) is 0 Å². The predicted molar refractivity (Wildman–Crippen MR) is 64.1 cm³/mol. The van der Waals surface area contributed by atoms with Gasteiger partial charge in [0.05, 0.1) is 5.69 Å². The molecule has 0 radical (unpaired) electrons. The number of anilines is 1. The lowest BCUT2D eigenvalue weighted by Gasteiger charge is -2.31. The van der Waals surface area contributed by atoms with Gasteiger partial charge in [-0.25, -0.2) is 4.39 Å². The van der Waals surface area contributed by atoms with Crippen molar-refractivity contribution in [1.29, 1.82) is 0 Å². The maximum absolute atomic E-state index is 13.2. The number of hydrogen-bond acceptors (Lipinski definition) is 4.